The van der Waals surface area contributed by atoms with Crippen LogP contribution in [0.3, 0.4) is 0 Å². The SMILES string of the molecule is FC(F)(F)c1cccc(CN2CCC(n3cnc4cnc5[nH]ccc5c43)CC2)n1. The van der Waals surface area contributed by atoms with Crippen molar-refractivity contribution in [2.75, 3.05) is 13.1 Å². The number of H-pyrrole nitrogens is 1. The summed E-state index contributed by atoms with van der Waals surface area (Å²) in [5.41, 5.74) is 2.40. The third-order valence-electron chi connectivity index (χ3n) is 5.55. The molecule has 4 aromatic rings. The molecule has 0 amide bonds. The van der Waals surface area contributed by atoms with E-state index in [1.165, 1.54) is 6.07 Å². The number of pyridine rings is 2. The second kappa shape index (κ2) is 6.84. The van der Waals surface area contributed by atoms with Gasteiger partial charge in [-0.3, -0.25) is 4.90 Å². The molecule has 1 fully saturated rings. The van der Waals surface area contributed by atoms with Crippen LogP contribution in [0.4, 0.5) is 13.2 Å². The topological polar surface area (TPSA) is 62.6 Å². The van der Waals surface area contributed by atoms with Gasteiger partial charge < -0.3 is 9.55 Å². The number of nitrogens with zero attached hydrogens (tertiary/aromatic N) is 5. The van der Waals surface area contributed by atoms with E-state index in [1.807, 2.05) is 18.6 Å². The van der Waals surface area contributed by atoms with Crippen molar-refractivity contribution in [3.8, 4) is 0 Å². The van der Waals surface area contributed by atoms with Crippen molar-refractivity contribution in [3.05, 3.63) is 54.4 Å². The van der Waals surface area contributed by atoms with Crippen LogP contribution < -0.4 is 0 Å². The molecule has 1 saturated heterocycles. The molecule has 0 aliphatic carbocycles. The monoisotopic (exact) mass is 400 g/mol. The average molecular weight is 400 g/mol. The van der Waals surface area contributed by atoms with Crippen molar-refractivity contribution in [2.24, 2.45) is 0 Å². The first-order valence-corrected chi connectivity index (χ1v) is 9.53. The van der Waals surface area contributed by atoms with Gasteiger partial charge >= 0.3 is 6.18 Å². The number of nitrogens with one attached hydrogen (secondary N) is 1. The van der Waals surface area contributed by atoms with E-state index in [0.29, 0.717) is 18.3 Å². The molecule has 0 spiro atoms. The van der Waals surface area contributed by atoms with Crippen LogP contribution in [-0.4, -0.2) is 42.5 Å². The fraction of sp³-hybridized carbons (Fsp3) is 0.350. The number of halogens is 3. The molecule has 0 saturated carbocycles. The van der Waals surface area contributed by atoms with E-state index in [9.17, 15) is 13.2 Å². The quantitative estimate of drug-likeness (QED) is 0.561. The van der Waals surface area contributed by atoms with Crippen LogP contribution in [0.5, 0.6) is 0 Å². The maximum Gasteiger partial charge on any atom is 0.433 e. The molecule has 9 heteroatoms. The standard InChI is InChI=1S/C20H19F3N6/c21-20(22,23)17-3-1-2-13(27-17)11-28-8-5-14(6-9-28)29-12-26-16-10-25-19-15(18(16)29)4-7-24-19/h1-4,7,10,12,14H,5-6,8-9,11H2,(H,24,25). The highest BCUT2D eigenvalue weighted by Crippen LogP contribution is 2.31. The lowest BCUT2D eigenvalue weighted by Crippen LogP contribution is -2.34. The molecule has 1 N–H and O–H groups in total. The number of piperidine rings is 1. The first kappa shape index (κ1) is 18.1. The van der Waals surface area contributed by atoms with Gasteiger partial charge in [0.15, 0.2) is 0 Å². The van der Waals surface area contributed by atoms with Crippen molar-refractivity contribution in [1.29, 1.82) is 0 Å². The van der Waals surface area contributed by atoms with Gasteiger partial charge in [0.25, 0.3) is 0 Å². The minimum atomic E-state index is -4.41. The zero-order chi connectivity index (χ0) is 20.0. The average Bonchev–Trinajstić information content (AvgIpc) is 3.34. The smallest absolute Gasteiger partial charge is 0.346 e. The molecule has 5 rings (SSSR count). The van der Waals surface area contributed by atoms with Crippen LogP contribution in [-0.2, 0) is 12.7 Å². The van der Waals surface area contributed by atoms with E-state index < -0.39 is 11.9 Å². The van der Waals surface area contributed by atoms with Gasteiger partial charge in [-0.1, -0.05) is 6.07 Å². The fourth-order valence-corrected chi connectivity index (χ4v) is 4.12. The summed E-state index contributed by atoms with van der Waals surface area (Å²) in [7, 11) is 0. The maximum atomic E-state index is 12.9. The second-order valence-corrected chi connectivity index (χ2v) is 7.40. The van der Waals surface area contributed by atoms with Crippen molar-refractivity contribution in [3.63, 3.8) is 0 Å². The summed E-state index contributed by atoms with van der Waals surface area (Å²) in [6.07, 6.45) is 2.91. The Morgan fingerprint density at radius 2 is 1.93 bits per heavy atom. The number of fused-ring (bicyclic) bond motifs is 3. The van der Waals surface area contributed by atoms with Crippen LogP contribution >= 0.6 is 0 Å². The summed E-state index contributed by atoms with van der Waals surface area (Å²) in [6, 6.07) is 6.39. The van der Waals surface area contributed by atoms with Gasteiger partial charge in [0.1, 0.15) is 16.9 Å². The zero-order valence-corrected chi connectivity index (χ0v) is 15.5. The summed E-state index contributed by atoms with van der Waals surface area (Å²) < 4.78 is 40.9. The molecule has 4 aromatic heterocycles. The Bertz CT molecular complexity index is 1150. The van der Waals surface area contributed by atoms with Crippen molar-refractivity contribution in [2.45, 2.75) is 31.6 Å². The van der Waals surface area contributed by atoms with Crippen LogP contribution in [0.2, 0.25) is 0 Å². The molecule has 1 aliphatic heterocycles. The van der Waals surface area contributed by atoms with E-state index in [1.54, 1.807) is 12.3 Å². The fourth-order valence-electron chi connectivity index (χ4n) is 4.12. The van der Waals surface area contributed by atoms with Gasteiger partial charge in [0.05, 0.1) is 23.7 Å². The van der Waals surface area contributed by atoms with Gasteiger partial charge in [-0.2, -0.15) is 13.2 Å². The Morgan fingerprint density at radius 1 is 1.10 bits per heavy atom. The van der Waals surface area contributed by atoms with Gasteiger partial charge in [-0.15, -0.1) is 0 Å². The van der Waals surface area contributed by atoms with Gasteiger partial charge in [-0.05, 0) is 31.0 Å². The Balaban J connectivity index is 1.31. The first-order valence-electron chi connectivity index (χ1n) is 9.53. The van der Waals surface area contributed by atoms with Gasteiger partial charge in [0.2, 0.25) is 0 Å². The van der Waals surface area contributed by atoms with Crippen molar-refractivity contribution < 1.29 is 13.2 Å². The molecule has 29 heavy (non-hydrogen) atoms. The first-order chi connectivity index (χ1) is 14.0. The van der Waals surface area contributed by atoms with E-state index >= 15 is 0 Å². The lowest BCUT2D eigenvalue weighted by atomic mass is 10.0. The zero-order valence-electron chi connectivity index (χ0n) is 15.5. The Labute approximate surface area is 164 Å². The van der Waals surface area contributed by atoms with Crippen LogP contribution in [0.25, 0.3) is 22.1 Å². The highest BCUT2D eigenvalue weighted by molar-refractivity contribution is 6.00. The second-order valence-electron chi connectivity index (χ2n) is 7.40. The Morgan fingerprint density at radius 3 is 2.72 bits per heavy atom. The molecule has 0 radical (unpaired) electrons. The van der Waals surface area contributed by atoms with Crippen molar-refractivity contribution in [1.82, 2.24) is 29.4 Å². The van der Waals surface area contributed by atoms with Gasteiger partial charge in [-0.25, -0.2) is 15.0 Å². The number of alkyl halides is 3. The molecule has 0 bridgehead atoms. The highest BCUT2D eigenvalue weighted by atomic mass is 19.4. The van der Waals surface area contributed by atoms with Crippen LogP contribution in [0.15, 0.2) is 43.0 Å². The molecule has 0 atom stereocenters. The van der Waals surface area contributed by atoms with Crippen LogP contribution in [0.1, 0.15) is 30.3 Å². The molecule has 5 heterocycles. The molecule has 150 valence electrons. The lowest BCUT2D eigenvalue weighted by Gasteiger charge is -2.32. The summed E-state index contributed by atoms with van der Waals surface area (Å²) >= 11 is 0. The largest absolute Gasteiger partial charge is 0.433 e. The van der Waals surface area contributed by atoms with E-state index in [4.69, 9.17) is 0 Å². The summed E-state index contributed by atoms with van der Waals surface area (Å²) in [5, 5.41) is 1.05. The third kappa shape index (κ3) is 3.35. The van der Waals surface area contributed by atoms with Gasteiger partial charge in [0, 0.05) is 37.3 Å². The molecule has 0 aromatic carbocycles. The number of imidazole rings is 1. The molecular weight excluding hydrogens is 381 g/mol. The van der Waals surface area contributed by atoms with E-state index in [0.717, 1.165) is 54.1 Å². The van der Waals surface area contributed by atoms with E-state index in [2.05, 4.69) is 29.4 Å². The Hall–Kier alpha value is -2.94. The van der Waals surface area contributed by atoms with Crippen molar-refractivity contribution >= 4 is 22.1 Å². The number of aromatic nitrogens is 5. The van der Waals surface area contributed by atoms with Crippen LogP contribution in [0, 0.1) is 0 Å². The number of rotatable bonds is 3. The number of aromatic amines is 1. The maximum absolute atomic E-state index is 12.9. The third-order valence-corrected chi connectivity index (χ3v) is 5.55. The predicted molar refractivity (Wildman–Crippen MR) is 102 cm³/mol. The minimum absolute atomic E-state index is 0.297. The number of likely N-dealkylation sites (tertiary alicyclic amines) is 1. The predicted octanol–water partition coefficient (Wildman–Crippen LogP) is 4.16. The minimum Gasteiger partial charge on any atom is -0.346 e. The molecular formula is C20H19F3N6. The van der Waals surface area contributed by atoms with E-state index in [-0.39, 0.29) is 0 Å². The summed E-state index contributed by atoms with van der Waals surface area (Å²) in [4.78, 5) is 18.0. The number of hydrogen-bond acceptors (Lipinski definition) is 4. The molecule has 1 aliphatic rings. The summed E-state index contributed by atoms with van der Waals surface area (Å²) in [6.45, 7) is 2.01. The lowest BCUT2D eigenvalue weighted by molar-refractivity contribution is -0.141. The summed E-state index contributed by atoms with van der Waals surface area (Å²) in [5.74, 6) is 0. The number of hydrogen-bond donors (Lipinski definition) is 1. The highest BCUT2D eigenvalue weighted by Gasteiger charge is 2.32. The molecule has 6 nitrogen and oxygen atoms in total. The Kier molecular flexibility index (Phi) is 4.27. The normalized spacial score (nSPS) is 16.8. The molecule has 0 unspecified atom stereocenters.